The van der Waals surface area contributed by atoms with Crippen LogP contribution in [0.3, 0.4) is 0 Å². The molecule has 0 heterocycles. The Bertz CT molecular complexity index is 1060. The SMILES string of the molecule is COc1cc(C(=O)NC(=S)Nc2cccc(Br)c2)ccc1OCc1ccc(Cl)cc1. The molecule has 0 aliphatic rings. The predicted octanol–water partition coefficient (Wildman–Crippen LogP) is 5.82. The van der Waals surface area contributed by atoms with Gasteiger partial charge in [-0.2, -0.15) is 0 Å². The van der Waals surface area contributed by atoms with Crippen LogP contribution in [0.2, 0.25) is 5.02 Å². The second-order valence-electron chi connectivity index (χ2n) is 6.20. The minimum atomic E-state index is -0.356. The van der Waals surface area contributed by atoms with E-state index in [-0.39, 0.29) is 11.0 Å². The number of rotatable bonds is 6. The van der Waals surface area contributed by atoms with Crippen molar-refractivity contribution < 1.29 is 14.3 Å². The van der Waals surface area contributed by atoms with Crippen molar-refractivity contribution in [2.24, 2.45) is 0 Å². The first-order valence-corrected chi connectivity index (χ1v) is 10.5. The first-order valence-electron chi connectivity index (χ1n) is 8.88. The number of amides is 1. The molecule has 3 aromatic carbocycles. The van der Waals surface area contributed by atoms with Gasteiger partial charge in [-0.15, -0.1) is 0 Å². The number of hydrogen-bond donors (Lipinski definition) is 2. The molecule has 0 radical (unpaired) electrons. The normalized spacial score (nSPS) is 10.2. The molecule has 0 bridgehead atoms. The average molecular weight is 506 g/mol. The van der Waals surface area contributed by atoms with E-state index < -0.39 is 0 Å². The van der Waals surface area contributed by atoms with Crippen LogP contribution in [0.15, 0.2) is 71.2 Å². The van der Waals surface area contributed by atoms with Gasteiger partial charge in [0.2, 0.25) is 0 Å². The van der Waals surface area contributed by atoms with Crippen LogP contribution in [0.4, 0.5) is 5.69 Å². The Balaban J connectivity index is 1.63. The molecule has 0 unspecified atom stereocenters. The predicted molar refractivity (Wildman–Crippen MR) is 127 cm³/mol. The minimum absolute atomic E-state index is 0.195. The Labute approximate surface area is 193 Å². The van der Waals surface area contributed by atoms with E-state index in [0.29, 0.717) is 28.7 Å². The van der Waals surface area contributed by atoms with Crippen LogP contribution in [0.25, 0.3) is 0 Å². The van der Waals surface area contributed by atoms with Crippen molar-refractivity contribution in [1.29, 1.82) is 0 Å². The van der Waals surface area contributed by atoms with Gasteiger partial charge in [0, 0.05) is 20.7 Å². The van der Waals surface area contributed by atoms with E-state index in [0.717, 1.165) is 15.7 Å². The quantitative estimate of drug-likeness (QED) is 0.414. The van der Waals surface area contributed by atoms with E-state index >= 15 is 0 Å². The van der Waals surface area contributed by atoms with Crippen molar-refractivity contribution in [3.63, 3.8) is 0 Å². The van der Waals surface area contributed by atoms with Crippen molar-refractivity contribution >= 4 is 56.5 Å². The highest BCUT2D eigenvalue weighted by Gasteiger charge is 2.13. The van der Waals surface area contributed by atoms with E-state index in [2.05, 4.69) is 26.6 Å². The summed E-state index contributed by atoms with van der Waals surface area (Å²) in [6.07, 6.45) is 0. The topological polar surface area (TPSA) is 59.6 Å². The molecule has 3 rings (SSSR count). The van der Waals surface area contributed by atoms with Crippen molar-refractivity contribution in [3.8, 4) is 11.5 Å². The monoisotopic (exact) mass is 504 g/mol. The number of benzene rings is 3. The summed E-state index contributed by atoms with van der Waals surface area (Å²) in [5.74, 6) is 0.617. The van der Waals surface area contributed by atoms with Gasteiger partial charge in [0.1, 0.15) is 6.61 Å². The molecule has 5 nitrogen and oxygen atoms in total. The molecule has 30 heavy (non-hydrogen) atoms. The van der Waals surface area contributed by atoms with Gasteiger partial charge in [0.15, 0.2) is 16.6 Å². The van der Waals surface area contributed by atoms with Gasteiger partial charge in [-0.1, -0.05) is 45.7 Å². The number of nitrogens with one attached hydrogen (secondary N) is 2. The van der Waals surface area contributed by atoms with E-state index in [4.69, 9.17) is 33.3 Å². The van der Waals surface area contributed by atoms with Crippen LogP contribution < -0.4 is 20.1 Å². The molecule has 0 saturated carbocycles. The van der Waals surface area contributed by atoms with E-state index in [9.17, 15) is 4.79 Å². The molecule has 0 atom stereocenters. The van der Waals surface area contributed by atoms with Gasteiger partial charge in [-0.3, -0.25) is 10.1 Å². The number of anilines is 1. The molecule has 3 aromatic rings. The summed E-state index contributed by atoms with van der Waals surface area (Å²) < 4.78 is 12.1. The van der Waals surface area contributed by atoms with Crippen LogP contribution in [-0.4, -0.2) is 18.1 Å². The molecular formula is C22H18BrClN2O3S. The lowest BCUT2D eigenvalue weighted by Crippen LogP contribution is -2.34. The lowest BCUT2D eigenvalue weighted by Gasteiger charge is -2.13. The largest absolute Gasteiger partial charge is 0.493 e. The molecular weight excluding hydrogens is 488 g/mol. The minimum Gasteiger partial charge on any atom is -0.493 e. The van der Waals surface area contributed by atoms with E-state index in [1.165, 1.54) is 7.11 Å². The average Bonchev–Trinajstić information content (AvgIpc) is 2.73. The number of thiocarbonyl (C=S) groups is 1. The first-order chi connectivity index (χ1) is 14.4. The summed E-state index contributed by atoms with van der Waals surface area (Å²) in [7, 11) is 1.52. The standard InChI is InChI=1S/C22H18BrClN2O3S/c1-28-20-11-15(7-10-19(20)29-13-14-5-8-17(24)9-6-14)21(27)26-22(30)25-18-4-2-3-16(23)12-18/h2-12H,13H2,1H3,(H2,25,26,27,30). The Hall–Kier alpha value is -2.61. The zero-order valence-electron chi connectivity index (χ0n) is 15.9. The lowest BCUT2D eigenvalue weighted by molar-refractivity contribution is 0.0977. The smallest absolute Gasteiger partial charge is 0.257 e. The number of halogens is 2. The van der Waals surface area contributed by atoms with Crippen molar-refractivity contribution in [2.75, 3.05) is 12.4 Å². The highest BCUT2D eigenvalue weighted by atomic mass is 79.9. The fourth-order valence-electron chi connectivity index (χ4n) is 2.57. The fraction of sp³-hybridized carbons (Fsp3) is 0.0909. The molecule has 154 valence electrons. The zero-order valence-corrected chi connectivity index (χ0v) is 19.1. The van der Waals surface area contributed by atoms with Crippen molar-refractivity contribution in [3.05, 3.63) is 87.4 Å². The van der Waals surface area contributed by atoms with Gasteiger partial charge < -0.3 is 14.8 Å². The highest BCUT2D eigenvalue weighted by Crippen LogP contribution is 2.29. The second-order valence-corrected chi connectivity index (χ2v) is 7.96. The number of ether oxygens (including phenoxy) is 2. The number of carbonyl (C=O) groups excluding carboxylic acids is 1. The molecule has 0 aliphatic heterocycles. The Morgan fingerprint density at radius 3 is 2.53 bits per heavy atom. The fourth-order valence-corrected chi connectivity index (χ4v) is 3.31. The third-order valence-corrected chi connectivity index (χ3v) is 4.99. The van der Waals surface area contributed by atoms with Crippen LogP contribution in [0, 0.1) is 0 Å². The maximum absolute atomic E-state index is 12.5. The molecule has 0 aromatic heterocycles. The summed E-state index contributed by atoms with van der Waals surface area (Å²) in [5.41, 5.74) is 2.12. The maximum atomic E-state index is 12.5. The van der Waals surface area contributed by atoms with Gasteiger partial charge in [0.25, 0.3) is 5.91 Å². The van der Waals surface area contributed by atoms with Gasteiger partial charge >= 0.3 is 0 Å². The van der Waals surface area contributed by atoms with Crippen molar-refractivity contribution in [2.45, 2.75) is 6.61 Å². The van der Waals surface area contributed by atoms with Crippen LogP contribution >= 0.6 is 39.7 Å². The Kier molecular flexibility index (Phi) is 7.68. The third-order valence-electron chi connectivity index (χ3n) is 4.04. The number of hydrogen-bond acceptors (Lipinski definition) is 4. The summed E-state index contributed by atoms with van der Waals surface area (Å²) >= 11 is 14.5. The molecule has 0 aliphatic carbocycles. The maximum Gasteiger partial charge on any atom is 0.257 e. The molecule has 2 N–H and O–H groups in total. The first kappa shape index (κ1) is 22.1. The highest BCUT2D eigenvalue weighted by molar-refractivity contribution is 9.10. The summed E-state index contributed by atoms with van der Waals surface area (Å²) in [5, 5.41) is 6.49. The van der Waals surface area contributed by atoms with Crippen LogP contribution in [-0.2, 0) is 6.61 Å². The molecule has 0 fully saturated rings. The van der Waals surface area contributed by atoms with Crippen LogP contribution in [0.1, 0.15) is 15.9 Å². The number of methoxy groups -OCH3 is 1. The Morgan fingerprint density at radius 1 is 1.07 bits per heavy atom. The van der Waals surface area contributed by atoms with Gasteiger partial charge in [-0.25, -0.2) is 0 Å². The zero-order chi connectivity index (χ0) is 21.5. The van der Waals surface area contributed by atoms with E-state index in [1.807, 2.05) is 36.4 Å². The Morgan fingerprint density at radius 2 is 1.83 bits per heavy atom. The summed E-state index contributed by atoms with van der Waals surface area (Å²) in [4.78, 5) is 12.5. The molecule has 0 spiro atoms. The third kappa shape index (κ3) is 6.19. The van der Waals surface area contributed by atoms with Gasteiger partial charge in [0.05, 0.1) is 7.11 Å². The van der Waals surface area contributed by atoms with Crippen molar-refractivity contribution in [1.82, 2.24) is 5.32 Å². The summed E-state index contributed by atoms with van der Waals surface area (Å²) in [6, 6.07) is 19.8. The lowest BCUT2D eigenvalue weighted by atomic mass is 10.2. The van der Waals surface area contributed by atoms with Gasteiger partial charge in [-0.05, 0) is 66.3 Å². The molecule has 0 saturated heterocycles. The van der Waals surface area contributed by atoms with E-state index in [1.54, 1.807) is 30.3 Å². The summed E-state index contributed by atoms with van der Waals surface area (Å²) in [6.45, 7) is 0.347. The molecule has 8 heteroatoms. The molecule has 1 amide bonds. The second kappa shape index (κ2) is 10.4. The van der Waals surface area contributed by atoms with Crippen LogP contribution in [0.5, 0.6) is 11.5 Å². The number of carbonyl (C=O) groups is 1.